The Morgan fingerprint density at radius 3 is 2.74 bits per heavy atom. The molecule has 2 aromatic rings. The number of benzene rings is 1. The van der Waals surface area contributed by atoms with E-state index < -0.39 is 5.82 Å². The van der Waals surface area contributed by atoms with Crippen molar-refractivity contribution < 1.29 is 4.39 Å². The maximum atomic E-state index is 13.2. The summed E-state index contributed by atoms with van der Waals surface area (Å²) in [6.07, 6.45) is 1.77. The van der Waals surface area contributed by atoms with Crippen LogP contribution in [0, 0.1) is 5.82 Å². The molecule has 1 aromatic carbocycles. The van der Waals surface area contributed by atoms with Gasteiger partial charge in [-0.2, -0.15) is 5.10 Å². The Morgan fingerprint density at radius 2 is 2.11 bits per heavy atom. The first-order chi connectivity index (χ1) is 8.87. The van der Waals surface area contributed by atoms with E-state index in [1.165, 1.54) is 6.07 Å². The van der Waals surface area contributed by atoms with E-state index in [4.69, 9.17) is 11.6 Å². The second kappa shape index (κ2) is 5.31. The van der Waals surface area contributed by atoms with Crippen molar-refractivity contribution in [2.75, 3.05) is 0 Å². The second-order valence-corrected chi connectivity index (χ2v) is 5.91. The summed E-state index contributed by atoms with van der Waals surface area (Å²) in [5.41, 5.74) is 2.74. The van der Waals surface area contributed by atoms with Crippen LogP contribution in [-0.4, -0.2) is 15.7 Å². The molecule has 5 heteroatoms. The molecule has 0 aliphatic rings. The second-order valence-electron chi connectivity index (χ2n) is 5.50. The molecule has 1 heterocycles. The Bertz CT molecular complexity index is 572. The van der Waals surface area contributed by atoms with E-state index in [2.05, 4.69) is 36.3 Å². The summed E-state index contributed by atoms with van der Waals surface area (Å²) in [5, 5.41) is 10.5. The highest BCUT2D eigenvalue weighted by Crippen LogP contribution is 2.26. The summed E-state index contributed by atoms with van der Waals surface area (Å²) < 4.78 is 13.2. The van der Waals surface area contributed by atoms with Gasteiger partial charge in [-0.3, -0.25) is 5.10 Å². The minimum absolute atomic E-state index is 0.0228. The predicted molar refractivity (Wildman–Crippen MR) is 75.6 cm³/mol. The van der Waals surface area contributed by atoms with Crippen molar-refractivity contribution in [3.63, 3.8) is 0 Å². The summed E-state index contributed by atoms with van der Waals surface area (Å²) in [6, 6.07) is 4.65. The fourth-order valence-corrected chi connectivity index (χ4v) is 1.89. The van der Waals surface area contributed by atoms with Crippen molar-refractivity contribution in [1.29, 1.82) is 0 Å². The largest absolute Gasteiger partial charge is 0.308 e. The van der Waals surface area contributed by atoms with E-state index in [0.717, 1.165) is 16.8 Å². The SMILES string of the molecule is CC(C)(C)NCc1cn[nH]c1-c1ccc(F)c(Cl)c1. The first kappa shape index (κ1) is 14.0. The number of hydrogen-bond acceptors (Lipinski definition) is 2. The van der Waals surface area contributed by atoms with Gasteiger partial charge in [-0.05, 0) is 39.0 Å². The van der Waals surface area contributed by atoms with Gasteiger partial charge in [0.25, 0.3) is 0 Å². The Balaban J connectivity index is 2.26. The number of H-pyrrole nitrogens is 1. The van der Waals surface area contributed by atoms with Crippen LogP contribution in [0.2, 0.25) is 5.02 Å². The molecule has 0 atom stereocenters. The predicted octanol–water partition coefficient (Wildman–Crippen LogP) is 3.76. The highest BCUT2D eigenvalue weighted by Gasteiger charge is 2.13. The minimum atomic E-state index is -0.417. The molecular weight excluding hydrogens is 265 g/mol. The van der Waals surface area contributed by atoms with Crippen molar-refractivity contribution in [2.45, 2.75) is 32.9 Å². The molecule has 0 spiro atoms. The van der Waals surface area contributed by atoms with Crippen LogP contribution >= 0.6 is 11.6 Å². The maximum Gasteiger partial charge on any atom is 0.141 e. The van der Waals surface area contributed by atoms with Gasteiger partial charge in [0.2, 0.25) is 0 Å². The van der Waals surface area contributed by atoms with Gasteiger partial charge in [-0.15, -0.1) is 0 Å². The molecule has 0 amide bonds. The topological polar surface area (TPSA) is 40.7 Å². The van der Waals surface area contributed by atoms with Crippen molar-refractivity contribution >= 4 is 11.6 Å². The minimum Gasteiger partial charge on any atom is -0.308 e. The monoisotopic (exact) mass is 281 g/mol. The number of halogens is 2. The number of hydrogen-bond donors (Lipinski definition) is 2. The van der Waals surface area contributed by atoms with Gasteiger partial charge in [0.15, 0.2) is 0 Å². The van der Waals surface area contributed by atoms with Gasteiger partial charge < -0.3 is 5.32 Å². The normalized spacial score (nSPS) is 11.8. The van der Waals surface area contributed by atoms with Crippen LogP contribution < -0.4 is 5.32 Å². The number of aromatic amines is 1. The van der Waals surface area contributed by atoms with Crippen LogP contribution in [0.5, 0.6) is 0 Å². The fourth-order valence-electron chi connectivity index (χ4n) is 1.71. The van der Waals surface area contributed by atoms with Crippen LogP contribution in [0.15, 0.2) is 24.4 Å². The van der Waals surface area contributed by atoms with Gasteiger partial charge in [0.05, 0.1) is 16.9 Å². The highest BCUT2D eigenvalue weighted by atomic mass is 35.5. The standard InChI is InChI=1S/C14H17ClFN3/c1-14(2,3)17-7-10-8-18-19-13(10)9-4-5-12(16)11(15)6-9/h4-6,8,17H,7H2,1-3H3,(H,18,19). The lowest BCUT2D eigenvalue weighted by atomic mass is 10.1. The molecule has 3 nitrogen and oxygen atoms in total. The highest BCUT2D eigenvalue weighted by molar-refractivity contribution is 6.31. The van der Waals surface area contributed by atoms with Crippen LogP contribution in [-0.2, 0) is 6.54 Å². The van der Waals surface area contributed by atoms with E-state index in [1.807, 2.05) is 0 Å². The molecule has 0 unspecified atom stereocenters. The van der Waals surface area contributed by atoms with Crippen molar-refractivity contribution in [3.8, 4) is 11.3 Å². The van der Waals surface area contributed by atoms with Crippen molar-refractivity contribution in [3.05, 3.63) is 40.8 Å². The summed E-state index contributed by atoms with van der Waals surface area (Å²) in [5.74, 6) is -0.417. The summed E-state index contributed by atoms with van der Waals surface area (Å²) in [7, 11) is 0. The Hall–Kier alpha value is -1.39. The smallest absolute Gasteiger partial charge is 0.141 e. The zero-order chi connectivity index (χ0) is 14.0. The van der Waals surface area contributed by atoms with Crippen molar-refractivity contribution in [2.24, 2.45) is 0 Å². The lowest BCUT2D eigenvalue weighted by molar-refractivity contribution is 0.424. The van der Waals surface area contributed by atoms with E-state index >= 15 is 0 Å². The van der Waals surface area contributed by atoms with Gasteiger partial charge in [0, 0.05) is 23.2 Å². The number of aromatic nitrogens is 2. The molecule has 102 valence electrons. The number of nitrogens with one attached hydrogen (secondary N) is 2. The van der Waals surface area contributed by atoms with Gasteiger partial charge >= 0.3 is 0 Å². The third-order valence-electron chi connectivity index (χ3n) is 2.74. The quantitative estimate of drug-likeness (QED) is 0.899. The lowest BCUT2D eigenvalue weighted by Gasteiger charge is -2.20. The van der Waals surface area contributed by atoms with Crippen LogP contribution in [0.25, 0.3) is 11.3 Å². The Kier molecular flexibility index (Phi) is 3.92. The molecule has 2 N–H and O–H groups in total. The molecule has 0 fully saturated rings. The average molecular weight is 282 g/mol. The Labute approximate surface area is 117 Å². The summed E-state index contributed by atoms with van der Waals surface area (Å²) >= 11 is 5.81. The average Bonchev–Trinajstić information content (AvgIpc) is 2.77. The molecule has 0 saturated heterocycles. The lowest BCUT2D eigenvalue weighted by Crippen LogP contribution is -2.35. The van der Waals surface area contributed by atoms with E-state index in [-0.39, 0.29) is 10.6 Å². The van der Waals surface area contributed by atoms with Gasteiger partial charge in [-0.1, -0.05) is 11.6 Å². The molecule has 0 bridgehead atoms. The van der Waals surface area contributed by atoms with Crippen LogP contribution in [0.4, 0.5) is 4.39 Å². The van der Waals surface area contributed by atoms with Gasteiger partial charge in [0.1, 0.15) is 5.82 Å². The molecule has 19 heavy (non-hydrogen) atoms. The van der Waals surface area contributed by atoms with Gasteiger partial charge in [-0.25, -0.2) is 4.39 Å². The molecule has 0 saturated carbocycles. The molecule has 0 aliphatic carbocycles. The van der Waals surface area contributed by atoms with Crippen LogP contribution in [0.1, 0.15) is 26.3 Å². The Morgan fingerprint density at radius 1 is 1.37 bits per heavy atom. The molecule has 0 aliphatic heterocycles. The first-order valence-electron chi connectivity index (χ1n) is 6.09. The zero-order valence-corrected chi connectivity index (χ0v) is 12.0. The number of rotatable bonds is 3. The van der Waals surface area contributed by atoms with E-state index in [0.29, 0.717) is 6.54 Å². The fraction of sp³-hybridized carbons (Fsp3) is 0.357. The van der Waals surface area contributed by atoms with E-state index in [9.17, 15) is 4.39 Å². The molecular formula is C14H17ClFN3. The number of nitrogens with zero attached hydrogens (tertiary/aromatic N) is 1. The maximum absolute atomic E-state index is 13.2. The first-order valence-corrected chi connectivity index (χ1v) is 6.47. The molecule has 0 radical (unpaired) electrons. The summed E-state index contributed by atoms with van der Waals surface area (Å²) in [6.45, 7) is 6.98. The molecule has 2 rings (SSSR count). The summed E-state index contributed by atoms with van der Waals surface area (Å²) in [4.78, 5) is 0. The van der Waals surface area contributed by atoms with Crippen LogP contribution in [0.3, 0.4) is 0 Å². The third kappa shape index (κ3) is 3.55. The van der Waals surface area contributed by atoms with Crippen molar-refractivity contribution in [1.82, 2.24) is 15.5 Å². The zero-order valence-electron chi connectivity index (χ0n) is 11.2. The van der Waals surface area contributed by atoms with E-state index in [1.54, 1.807) is 18.3 Å². The third-order valence-corrected chi connectivity index (χ3v) is 3.02. The molecule has 1 aromatic heterocycles.